The van der Waals surface area contributed by atoms with E-state index < -0.39 is 5.82 Å². The Balaban J connectivity index is 1.98. The van der Waals surface area contributed by atoms with Crippen molar-refractivity contribution in [2.24, 2.45) is 17.6 Å². The van der Waals surface area contributed by atoms with Crippen LogP contribution >= 0.6 is 0 Å². The summed E-state index contributed by atoms with van der Waals surface area (Å²) >= 11 is 0. The summed E-state index contributed by atoms with van der Waals surface area (Å²) in [6, 6.07) is 4.04. The molecular formula is C14H11FN2O2. The Kier molecular flexibility index (Phi) is 2.61. The lowest BCUT2D eigenvalue weighted by molar-refractivity contribution is -0.123. The minimum Gasteiger partial charge on any atom is -0.320 e. The molecule has 0 radical (unpaired) electrons. The molecule has 1 aromatic carbocycles. The van der Waals surface area contributed by atoms with Crippen molar-refractivity contribution in [1.82, 2.24) is 0 Å². The van der Waals surface area contributed by atoms with Gasteiger partial charge in [0.2, 0.25) is 11.8 Å². The van der Waals surface area contributed by atoms with Crippen molar-refractivity contribution in [3.8, 4) is 11.8 Å². The number of nitrogens with zero attached hydrogens (tertiary/aromatic N) is 1. The highest BCUT2D eigenvalue weighted by molar-refractivity contribution is 6.24. The van der Waals surface area contributed by atoms with Gasteiger partial charge in [-0.2, -0.15) is 0 Å². The van der Waals surface area contributed by atoms with Gasteiger partial charge < -0.3 is 5.73 Å². The van der Waals surface area contributed by atoms with E-state index in [4.69, 9.17) is 5.73 Å². The summed E-state index contributed by atoms with van der Waals surface area (Å²) in [5.74, 6) is 3.92. The molecule has 19 heavy (non-hydrogen) atoms. The van der Waals surface area contributed by atoms with Crippen LogP contribution in [0, 0.1) is 29.5 Å². The lowest BCUT2D eigenvalue weighted by Crippen LogP contribution is -2.32. The van der Waals surface area contributed by atoms with E-state index in [0.717, 1.165) is 4.90 Å². The van der Waals surface area contributed by atoms with Gasteiger partial charge in [-0.05, 0) is 24.6 Å². The zero-order valence-electron chi connectivity index (χ0n) is 10.0. The number of imide groups is 1. The molecule has 0 bridgehead atoms. The topological polar surface area (TPSA) is 63.4 Å². The van der Waals surface area contributed by atoms with Crippen LogP contribution in [0.3, 0.4) is 0 Å². The van der Waals surface area contributed by atoms with Crippen LogP contribution in [0.15, 0.2) is 18.2 Å². The predicted molar refractivity (Wildman–Crippen MR) is 66.4 cm³/mol. The molecule has 2 atom stereocenters. The van der Waals surface area contributed by atoms with E-state index in [1.165, 1.54) is 18.2 Å². The first-order valence-electron chi connectivity index (χ1n) is 6.00. The number of halogens is 1. The van der Waals surface area contributed by atoms with Crippen LogP contribution in [-0.2, 0) is 9.59 Å². The van der Waals surface area contributed by atoms with E-state index >= 15 is 0 Å². The van der Waals surface area contributed by atoms with Gasteiger partial charge in [0.25, 0.3) is 0 Å². The molecule has 1 saturated heterocycles. The maximum Gasteiger partial charge on any atom is 0.237 e. The minimum atomic E-state index is -0.492. The predicted octanol–water partition coefficient (Wildman–Crippen LogP) is 0.645. The highest BCUT2D eigenvalue weighted by Gasteiger charge is 2.59. The van der Waals surface area contributed by atoms with E-state index in [-0.39, 0.29) is 35.8 Å². The lowest BCUT2D eigenvalue weighted by Gasteiger charge is -2.16. The Labute approximate surface area is 109 Å². The Morgan fingerprint density at radius 2 is 2.00 bits per heavy atom. The number of carbonyl (C=O) groups is 2. The SMILES string of the molecule is NCC#Cc1cc(N2C(=O)C3CC3C2=O)ccc1F. The number of nitrogens with two attached hydrogens (primary N) is 1. The Bertz CT molecular complexity index is 625. The fraction of sp³-hybridized carbons (Fsp3) is 0.286. The van der Waals surface area contributed by atoms with Crippen molar-refractivity contribution < 1.29 is 14.0 Å². The quantitative estimate of drug-likeness (QED) is 0.594. The van der Waals surface area contributed by atoms with E-state index in [2.05, 4.69) is 11.8 Å². The molecule has 4 nitrogen and oxygen atoms in total. The minimum absolute atomic E-state index is 0.120. The number of piperidine rings is 1. The van der Waals surface area contributed by atoms with Gasteiger partial charge in [0, 0.05) is 0 Å². The summed E-state index contributed by atoms with van der Waals surface area (Å²) in [5, 5.41) is 0. The summed E-state index contributed by atoms with van der Waals surface area (Å²) in [5.41, 5.74) is 5.76. The van der Waals surface area contributed by atoms with Crippen LogP contribution in [0.1, 0.15) is 12.0 Å². The fourth-order valence-corrected chi connectivity index (χ4v) is 2.33. The second-order valence-corrected chi connectivity index (χ2v) is 4.63. The second kappa shape index (κ2) is 4.18. The molecular weight excluding hydrogens is 247 g/mol. The largest absolute Gasteiger partial charge is 0.320 e. The number of rotatable bonds is 1. The van der Waals surface area contributed by atoms with Gasteiger partial charge in [-0.15, -0.1) is 0 Å². The van der Waals surface area contributed by atoms with Gasteiger partial charge in [-0.3, -0.25) is 14.5 Å². The van der Waals surface area contributed by atoms with Gasteiger partial charge in [-0.1, -0.05) is 11.8 Å². The van der Waals surface area contributed by atoms with Gasteiger partial charge in [0.05, 0.1) is 29.6 Å². The van der Waals surface area contributed by atoms with E-state index in [1.807, 2.05) is 0 Å². The molecule has 3 rings (SSSR count). The van der Waals surface area contributed by atoms with Gasteiger partial charge in [0.1, 0.15) is 5.82 Å². The van der Waals surface area contributed by atoms with Crippen LogP contribution in [0.4, 0.5) is 10.1 Å². The molecule has 1 heterocycles. The summed E-state index contributed by atoms with van der Waals surface area (Å²) in [7, 11) is 0. The molecule has 5 heteroatoms. The van der Waals surface area contributed by atoms with Crippen molar-refractivity contribution in [3.05, 3.63) is 29.6 Å². The Hall–Kier alpha value is -2.19. The molecule has 2 aliphatic rings. The number of anilines is 1. The molecule has 2 fully saturated rings. The zero-order valence-corrected chi connectivity index (χ0v) is 10.0. The number of carbonyl (C=O) groups excluding carboxylic acids is 2. The van der Waals surface area contributed by atoms with Gasteiger partial charge in [-0.25, -0.2) is 4.39 Å². The van der Waals surface area contributed by atoms with Crippen LogP contribution in [0.2, 0.25) is 0 Å². The average molecular weight is 258 g/mol. The second-order valence-electron chi connectivity index (χ2n) is 4.63. The van der Waals surface area contributed by atoms with Crippen LogP contribution in [0.25, 0.3) is 0 Å². The van der Waals surface area contributed by atoms with Gasteiger partial charge >= 0.3 is 0 Å². The summed E-state index contributed by atoms with van der Waals surface area (Å²) in [4.78, 5) is 25.0. The van der Waals surface area contributed by atoms with Crippen LogP contribution in [0.5, 0.6) is 0 Å². The van der Waals surface area contributed by atoms with Crippen molar-refractivity contribution >= 4 is 17.5 Å². The Morgan fingerprint density at radius 1 is 1.32 bits per heavy atom. The first kappa shape index (κ1) is 11.9. The first-order valence-corrected chi connectivity index (χ1v) is 6.00. The molecule has 2 N–H and O–H groups in total. The van der Waals surface area contributed by atoms with Gasteiger partial charge in [0.15, 0.2) is 0 Å². The third kappa shape index (κ3) is 1.81. The standard InChI is InChI=1S/C14H11FN2O2/c15-12-4-3-9(6-8(12)2-1-5-16)17-13(18)10-7-11(10)14(17)19/h3-4,6,10-11H,5,7,16H2. The maximum atomic E-state index is 13.5. The average Bonchev–Trinajstić information content (AvgIpc) is 3.14. The molecule has 96 valence electrons. The monoisotopic (exact) mass is 258 g/mol. The third-order valence-electron chi connectivity index (χ3n) is 3.40. The van der Waals surface area contributed by atoms with Crippen molar-refractivity contribution in [1.29, 1.82) is 0 Å². The number of fused-ring (bicyclic) bond motifs is 1. The smallest absolute Gasteiger partial charge is 0.237 e. The van der Waals surface area contributed by atoms with Crippen molar-refractivity contribution in [2.75, 3.05) is 11.4 Å². The van der Waals surface area contributed by atoms with Crippen molar-refractivity contribution in [3.63, 3.8) is 0 Å². The number of hydrogen-bond acceptors (Lipinski definition) is 3. The highest BCUT2D eigenvalue weighted by Crippen LogP contribution is 2.48. The molecule has 2 unspecified atom stereocenters. The van der Waals surface area contributed by atoms with E-state index in [9.17, 15) is 14.0 Å². The van der Waals surface area contributed by atoms with Crippen molar-refractivity contribution in [2.45, 2.75) is 6.42 Å². The summed E-state index contributed by atoms with van der Waals surface area (Å²) in [6.45, 7) is 0.120. The zero-order chi connectivity index (χ0) is 13.6. The molecule has 1 aliphatic carbocycles. The summed E-state index contributed by atoms with van der Waals surface area (Å²) < 4.78 is 13.5. The first-order chi connectivity index (χ1) is 9.13. The molecule has 2 amide bonds. The normalized spacial score (nSPS) is 24.0. The number of hydrogen-bond donors (Lipinski definition) is 1. The molecule has 1 aromatic rings. The summed E-state index contributed by atoms with van der Waals surface area (Å²) in [6.07, 6.45) is 0.648. The molecule has 1 saturated carbocycles. The molecule has 1 aliphatic heterocycles. The maximum absolute atomic E-state index is 13.5. The van der Waals surface area contributed by atoms with Crippen LogP contribution < -0.4 is 10.6 Å². The number of amides is 2. The van der Waals surface area contributed by atoms with E-state index in [1.54, 1.807) is 0 Å². The number of benzene rings is 1. The molecule has 0 aromatic heterocycles. The van der Waals surface area contributed by atoms with E-state index in [0.29, 0.717) is 12.1 Å². The van der Waals surface area contributed by atoms with Crippen LogP contribution in [-0.4, -0.2) is 18.4 Å². The molecule has 0 spiro atoms. The fourth-order valence-electron chi connectivity index (χ4n) is 2.33. The Morgan fingerprint density at radius 3 is 2.63 bits per heavy atom. The highest BCUT2D eigenvalue weighted by atomic mass is 19.1. The lowest BCUT2D eigenvalue weighted by atomic mass is 10.1. The third-order valence-corrected chi connectivity index (χ3v) is 3.40.